The molecule has 0 aliphatic carbocycles. The molecule has 2 N–H and O–H groups in total. The molecule has 3 aromatic carbocycles. The number of aromatic nitrogens is 2. The van der Waals surface area contributed by atoms with Gasteiger partial charge in [-0.15, -0.1) is 0 Å². The van der Waals surface area contributed by atoms with E-state index in [0.717, 1.165) is 63.8 Å². The molecule has 0 radical (unpaired) electrons. The van der Waals surface area contributed by atoms with Crippen molar-refractivity contribution in [2.75, 3.05) is 19.8 Å². The molecule has 5 rings (SSSR count). The van der Waals surface area contributed by atoms with Crippen LogP contribution in [-0.4, -0.2) is 52.8 Å². The lowest BCUT2D eigenvalue weighted by molar-refractivity contribution is 0.0961. The number of rotatable bonds is 8. The normalized spacial score (nSPS) is 18.5. The largest absolute Gasteiger partial charge is 0.494 e. The third-order valence-corrected chi connectivity index (χ3v) is 7.40. The molecule has 2 atom stereocenters. The second kappa shape index (κ2) is 10.7. The zero-order chi connectivity index (χ0) is 25.1. The van der Waals surface area contributed by atoms with Crippen molar-refractivity contribution in [3.05, 3.63) is 60.2 Å². The fourth-order valence-electron chi connectivity index (χ4n) is 5.42. The quantitative estimate of drug-likeness (QED) is 0.164. The maximum absolute atomic E-state index is 8.12. The van der Waals surface area contributed by atoms with E-state index in [1.54, 1.807) is 0 Å². The molecule has 1 aliphatic rings. The number of aromatic amines is 1. The van der Waals surface area contributed by atoms with Gasteiger partial charge in [-0.05, 0) is 87.2 Å². The van der Waals surface area contributed by atoms with Crippen LogP contribution in [0, 0.1) is 5.41 Å². The molecule has 1 saturated heterocycles. The first-order valence-corrected chi connectivity index (χ1v) is 13.2. The summed E-state index contributed by atoms with van der Waals surface area (Å²) in [4.78, 5) is 2.64. The minimum absolute atomic E-state index is 0.178. The first-order chi connectivity index (χ1) is 17.5. The summed E-state index contributed by atoms with van der Waals surface area (Å²) >= 11 is 0. The molecule has 36 heavy (non-hydrogen) atoms. The topological polar surface area (TPSA) is 74.2 Å². The van der Waals surface area contributed by atoms with E-state index in [4.69, 9.17) is 14.9 Å². The lowest BCUT2D eigenvalue weighted by Crippen LogP contribution is -2.44. The molecule has 0 saturated carbocycles. The highest BCUT2D eigenvalue weighted by Crippen LogP contribution is 2.31. The van der Waals surface area contributed by atoms with Gasteiger partial charge >= 0.3 is 0 Å². The highest BCUT2D eigenvalue weighted by atomic mass is 16.5. The molecule has 6 nitrogen and oxygen atoms in total. The molecule has 1 aliphatic heterocycles. The van der Waals surface area contributed by atoms with E-state index < -0.39 is 0 Å². The number of likely N-dealkylation sites (tertiary alicyclic amines) is 1. The monoisotopic (exact) mass is 484 g/mol. The predicted octanol–water partition coefficient (Wildman–Crippen LogP) is 6.78. The highest BCUT2D eigenvalue weighted by Gasteiger charge is 2.23. The SMILES string of the molecule is CCOC(=N)c1ccc2[nH]nc(-c3ccc4cc(OCCCN5[C@H](C)CCC[C@@H]5C)ccc4c3)c2c1. The van der Waals surface area contributed by atoms with Crippen LogP contribution in [0.5, 0.6) is 5.75 Å². The number of ether oxygens (including phenoxy) is 2. The zero-order valence-corrected chi connectivity index (χ0v) is 21.5. The molecule has 1 aromatic heterocycles. The molecule has 0 spiro atoms. The van der Waals surface area contributed by atoms with Crippen molar-refractivity contribution in [2.24, 2.45) is 0 Å². The highest BCUT2D eigenvalue weighted by molar-refractivity contribution is 6.01. The van der Waals surface area contributed by atoms with Crippen molar-refractivity contribution in [1.29, 1.82) is 5.41 Å². The third kappa shape index (κ3) is 5.09. The maximum Gasteiger partial charge on any atom is 0.213 e. The van der Waals surface area contributed by atoms with Crippen LogP contribution in [0.1, 0.15) is 52.0 Å². The average Bonchev–Trinajstić information content (AvgIpc) is 3.31. The van der Waals surface area contributed by atoms with Gasteiger partial charge < -0.3 is 9.47 Å². The number of hydrogen-bond acceptors (Lipinski definition) is 5. The molecule has 2 heterocycles. The van der Waals surface area contributed by atoms with Crippen LogP contribution in [0.2, 0.25) is 0 Å². The summed E-state index contributed by atoms with van der Waals surface area (Å²) in [6.07, 6.45) is 5.01. The summed E-state index contributed by atoms with van der Waals surface area (Å²) in [6.45, 7) is 8.90. The summed E-state index contributed by atoms with van der Waals surface area (Å²) in [7, 11) is 0. The molecular weight excluding hydrogens is 448 g/mol. The molecule has 1 fully saturated rings. The third-order valence-electron chi connectivity index (χ3n) is 7.40. The minimum atomic E-state index is 0.178. The first-order valence-electron chi connectivity index (χ1n) is 13.2. The van der Waals surface area contributed by atoms with Crippen molar-refractivity contribution in [2.45, 2.75) is 58.5 Å². The van der Waals surface area contributed by atoms with E-state index in [-0.39, 0.29) is 5.90 Å². The average molecular weight is 485 g/mol. The van der Waals surface area contributed by atoms with Gasteiger partial charge in [-0.2, -0.15) is 5.10 Å². The number of H-pyrrole nitrogens is 1. The van der Waals surface area contributed by atoms with Crippen LogP contribution in [0.3, 0.4) is 0 Å². The molecular formula is C30H36N4O2. The molecule has 0 amide bonds. The lowest BCUT2D eigenvalue weighted by Gasteiger charge is -2.39. The smallest absolute Gasteiger partial charge is 0.213 e. The van der Waals surface area contributed by atoms with Crippen molar-refractivity contribution < 1.29 is 9.47 Å². The van der Waals surface area contributed by atoms with Crippen LogP contribution in [0.15, 0.2) is 54.6 Å². The van der Waals surface area contributed by atoms with Gasteiger partial charge in [0.15, 0.2) is 0 Å². The number of nitrogens with zero attached hydrogens (tertiary/aromatic N) is 2. The first kappa shape index (κ1) is 24.3. The van der Waals surface area contributed by atoms with E-state index in [9.17, 15) is 0 Å². The summed E-state index contributed by atoms with van der Waals surface area (Å²) in [5.74, 6) is 1.09. The van der Waals surface area contributed by atoms with Gasteiger partial charge in [0.25, 0.3) is 0 Å². The number of nitrogens with one attached hydrogen (secondary N) is 2. The van der Waals surface area contributed by atoms with Crippen molar-refractivity contribution in [3.8, 4) is 17.0 Å². The van der Waals surface area contributed by atoms with Gasteiger partial charge in [0.2, 0.25) is 5.90 Å². The molecule has 4 aromatic rings. The zero-order valence-electron chi connectivity index (χ0n) is 21.5. The molecule has 188 valence electrons. The van der Waals surface area contributed by atoms with E-state index in [0.29, 0.717) is 18.7 Å². The lowest BCUT2D eigenvalue weighted by atomic mass is 9.97. The van der Waals surface area contributed by atoms with Gasteiger partial charge in [-0.1, -0.05) is 24.6 Å². The maximum atomic E-state index is 8.12. The van der Waals surface area contributed by atoms with Gasteiger partial charge in [0.05, 0.1) is 24.4 Å². The minimum Gasteiger partial charge on any atom is -0.494 e. The van der Waals surface area contributed by atoms with Crippen molar-refractivity contribution in [1.82, 2.24) is 15.1 Å². The summed E-state index contributed by atoms with van der Waals surface area (Å²) in [5.41, 5.74) is 3.60. The fraction of sp³-hybridized carbons (Fsp3) is 0.400. The van der Waals surface area contributed by atoms with Crippen LogP contribution < -0.4 is 4.74 Å². The Labute approximate surface area is 213 Å². The van der Waals surface area contributed by atoms with Gasteiger partial charge in [-0.25, -0.2) is 0 Å². The Morgan fingerprint density at radius 1 is 1.03 bits per heavy atom. The molecule has 6 heteroatoms. The second-order valence-electron chi connectivity index (χ2n) is 9.89. The standard InChI is InChI=1S/C30H36N4O2/c1-4-35-30(31)25-12-14-28-27(19-25)29(33-32-28)24-10-9-23-18-26(13-11-22(23)17-24)36-16-6-15-34-20(2)7-5-8-21(34)3/h9-14,17-21,31H,4-8,15-16H2,1-3H3,(H,32,33)/t20-,21+. The van der Waals surface area contributed by atoms with Gasteiger partial charge in [0.1, 0.15) is 5.75 Å². The Morgan fingerprint density at radius 3 is 2.61 bits per heavy atom. The predicted molar refractivity (Wildman–Crippen MR) is 147 cm³/mol. The number of fused-ring (bicyclic) bond motifs is 2. The summed E-state index contributed by atoms with van der Waals surface area (Å²) in [5, 5.41) is 19.1. The Morgan fingerprint density at radius 2 is 1.81 bits per heavy atom. The van der Waals surface area contributed by atoms with E-state index in [1.807, 2.05) is 25.1 Å². The molecule has 0 bridgehead atoms. The van der Waals surface area contributed by atoms with Crippen molar-refractivity contribution in [3.63, 3.8) is 0 Å². The van der Waals surface area contributed by atoms with Crippen LogP contribution in [0.4, 0.5) is 0 Å². The number of hydrogen-bond donors (Lipinski definition) is 2. The van der Waals surface area contributed by atoms with Gasteiger partial charge in [0, 0.05) is 35.1 Å². The van der Waals surface area contributed by atoms with Crippen LogP contribution in [0.25, 0.3) is 32.9 Å². The second-order valence-corrected chi connectivity index (χ2v) is 9.89. The summed E-state index contributed by atoms with van der Waals surface area (Å²) in [6, 6.07) is 19.9. The Balaban J connectivity index is 1.28. The number of piperidine rings is 1. The van der Waals surface area contributed by atoms with E-state index in [1.165, 1.54) is 19.3 Å². The fourth-order valence-corrected chi connectivity index (χ4v) is 5.42. The van der Waals surface area contributed by atoms with E-state index >= 15 is 0 Å². The molecule has 0 unspecified atom stereocenters. The van der Waals surface area contributed by atoms with Crippen LogP contribution >= 0.6 is 0 Å². The Kier molecular flexibility index (Phi) is 7.23. The Hall–Kier alpha value is -3.38. The van der Waals surface area contributed by atoms with Crippen molar-refractivity contribution >= 4 is 27.6 Å². The summed E-state index contributed by atoms with van der Waals surface area (Å²) < 4.78 is 11.5. The number of benzene rings is 3. The van der Waals surface area contributed by atoms with Crippen LogP contribution in [-0.2, 0) is 4.74 Å². The van der Waals surface area contributed by atoms with E-state index in [2.05, 4.69) is 65.3 Å². The van der Waals surface area contributed by atoms with Gasteiger partial charge in [-0.3, -0.25) is 15.4 Å². The Bertz CT molecular complexity index is 1350.